The van der Waals surface area contributed by atoms with Crippen molar-refractivity contribution in [3.05, 3.63) is 48.6 Å². The Bertz CT molecular complexity index is 1210. The first kappa shape index (κ1) is 64.2. The third kappa shape index (κ3) is 37.9. The van der Waals surface area contributed by atoms with E-state index < -0.39 is 49.5 Å². The second-order valence-electron chi connectivity index (χ2n) is 20.1. The van der Waals surface area contributed by atoms with E-state index in [2.05, 4.69) is 67.8 Å². The Balaban J connectivity index is 1.89. The van der Waals surface area contributed by atoms with Gasteiger partial charge in [0.25, 0.3) is 0 Å². The number of carbonyl (C=O) groups is 1. The van der Waals surface area contributed by atoms with Crippen LogP contribution in [-0.4, -0.2) is 87.5 Å². The minimum atomic E-state index is -1.55. The predicted octanol–water partition coefficient (Wildman–Crippen LogP) is 14.1. The van der Waals surface area contributed by atoms with Crippen molar-refractivity contribution in [2.75, 3.05) is 13.2 Å². The Labute approximate surface area is 418 Å². The van der Waals surface area contributed by atoms with Crippen molar-refractivity contribution in [3.63, 3.8) is 0 Å². The molecule has 0 aromatic rings. The van der Waals surface area contributed by atoms with Gasteiger partial charge in [-0.3, -0.25) is 4.79 Å². The van der Waals surface area contributed by atoms with E-state index >= 15 is 0 Å². The van der Waals surface area contributed by atoms with Gasteiger partial charge in [-0.2, -0.15) is 0 Å². The lowest BCUT2D eigenvalue weighted by Crippen LogP contribution is -2.60. The molecular weight excluding hydrogens is 851 g/mol. The average Bonchev–Trinajstić information content (AvgIpc) is 3.34. The summed E-state index contributed by atoms with van der Waals surface area (Å²) in [5.74, 6) is -0.150. The number of unbranched alkanes of at least 4 members (excludes halogenated alkanes) is 31. The number of hydrogen-bond acceptors (Lipinski definition) is 8. The highest BCUT2D eigenvalue weighted by atomic mass is 16.7. The van der Waals surface area contributed by atoms with Gasteiger partial charge in [-0.15, -0.1) is 0 Å². The molecule has 1 rings (SSSR count). The van der Waals surface area contributed by atoms with E-state index in [0.29, 0.717) is 12.8 Å². The van der Waals surface area contributed by atoms with Crippen LogP contribution in [0.25, 0.3) is 0 Å². The van der Waals surface area contributed by atoms with Crippen molar-refractivity contribution in [3.8, 4) is 0 Å². The standard InChI is InChI=1S/C59H109NO8/c1-3-5-7-9-10-11-12-13-14-15-16-17-18-19-20-21-22-23-24-25-26-27-28-29-30-31-32-33-34-35-36-37-38-39-40-41-42-43-44-45-47-49-55(63)60-52(53(62)48-46-8-6-4-2)51-67-59-58(66)57(65)56(64)54(50-61)68-59/h5,7,10-11,13-14,16-17,52-54,56-59,61-62,64-66H,3-4,6,8-9,12,15,18-51H2,1-2H3,(H,60,63)/b7-5-,11-10-,14-13-,17-16-. The number of aliphatic hydroxyl groups is 5. The summed E-state index contributed by atoms with van der Waals surface area (Å²) >= 11 is 0. The molecule has 7 atom stereocenters. The van der Waals surface area contributed by atoms with Crippen molar-refractivity contribution in [1.82, 2.24) is 5.32 Å². The van der Waals surface area contributed by atoms with E-state index in [1.807, 2.05) is 0 Å². The molecule has 0 aliphatic carbocycles. The summed E-state index contributed by atoms with van der Waals surface area (Å²) in [4.78, 5) is 12.9. The van der Waals surface area contributed by atoms with E-state index in [4.69, 9.17) is 9.47 Å². The summed E-state index contributed by atoms with van der Waals surface area (Å²) in [7, 11) is 0. The fourth-order valence-corrected chi connectivity index (χ4v) is 9.15. The third-order valence-corrected chi connectivity index (χ3v) is 13.7. The monoisotopic (exact) mass is 960 g/mol. The van der Waals surface area contributed by atoms with E-state index in [1.54, 1.807) is 0 Å². The number of allylic oxidation sites excluding steroid dienone is 8. The number of carbonyl (C=O) groups excluding carboxylic acids is 1. The Morgan fingerprint density at radius 3 is 1.34 bits per heavy atom. The van der Waals surface area contributed by atoms with Crippen molar-refractivity contribution >= 4 is 5.91 Å². The van der Waals surface area contributed by atoms with Gasteiger partial charge in [0.2, 0.25) is 5.91 Å². The lowest BCUT2D eigenvalue weighted by Gasteiger charge is -2.40. The molecule has 0 bridgehead atoms. The van der Waals surface area contributed by atoms with Crippen LogP contribution in [0.1, 0.15) is 264 Å². The normalized spacial score (nSPS) is 19.9. The summed E-state index contributed by atoms with van der Waals surface area (Å²) in [6.45, 7) is 3.61. The predicted molar refractivity (Wildman–Crippen MR) is 286 cm³/mol. The quantitative estimate of drug-likeness (QED) is 0.0261. The molecule has 0 spiro atoms. The first-order valence-electron chi connectivity index (χ1n) is 28.8. The third-order valence-electron chi connectivity index (χ3n) is 13.7. The van der Waals surface area contributed by atoms with Crippen LogP contribution in [0, 0.1) is 0 Å². The van der Waals surface area contributed by atoms with Crippen LogP contribution in [0.15, 0.2) is 48.6 Å². The lowest BCUT2D eigenvalue weighted by molar-refractivity contribution is -0.302. The minimum Gasteiger partial charge on any atom is -0.394 e. The van der Waals surface area contributed by atoms with Crippen molar-refractivity contribution in [2.24, 2.45) is 0 Å². The van der Waals surface area contributed by atoms with E-state index in [0.717, 1.165) is 70.6 Å². The molecule has 9 heteroatoms. The highest BCUT2D eigenvalue weighted by molar-refractivity contribution is 5.76. The first-order valence-corrected chi connectivity index (χ1v) is 28.8. The zero-order chi connectivity index (χ0) is 49.4. The number of amides is 1. The van der Waals surface area contributed by atoms with Crippen molar-refractivity contribution < 1.29 is 39.8 Å². The highest BCUT2D eigenvalue weighted by Gasteiger charge is 2.44. The van der Waals surface area contributed by atoms with Crippen LogP contribution in [-0.2, 0) is 14.3 Å². The number of ether oxygens (including phenoxy) is 2. The van der Waals surface area contributed by atoms with Gasteiger partial charge in [-0.05, 0) is 51.4 Å². The Hall–Kier alpha value is -1.85. The van der Waals surface area contributed by atoms with Crippen LogP contribution in [0.4, 0.5) is 0 Å². The van der Waals surface area contributed by atoms with Gasteiger partial charge in [-0.25, -0.2) is 0 Å². The summed E-state index contributed by atoms with van der Waals surface area (Å²) in [5.41, 5.74) is 0. The smallest absolute Gasteiger partial charge is 0.220 e. The molecule has 0 radical (unpaired) electrons. The summed E-state index contributed by atoms with van der Waals surface area (Å²) in [6.07, 6.45) is 58.4. The molecule has 0 saturated carbocycles. The molecule has 6 N–H and O–H groups in total. The summed E-state index contributed by atoms with van der Waals surface area (Å²) < 4.78 is 11.2. The van der Waals surface area contributed by atoms with Gasteiger partial charge in [0, 0.05) is 6.42 Å². The molecule has 0 aromatic carbocycles. The minimum absolute atomic E-state index is 0.138. The number of aliphatic hydroxyl groups excluding tert-OH is 5. The van der Waals surface area contributed by atoms with E-state index in [1.165, 1.54) is 167 Å². The molecule has 398 valence electrons. The van der Waals surface area contributed by atoms with Gasteiger partial charge in [-0.1, -0.05) is 255 Å². The van der Waals surface area contributed by atoms with Gasteiger partial charge in [0.1, 0.15) is 24.4 Å². The first-order chi connectivity index (χ1) is 33.3. The SMILES string of the molecule is CC/C=C\C/C=C\C/C=C\C/C=C\CCCCCCCCCCCCCCCCCCCCCCCCCCCCCCC(=O)NC(COC1OC(CO)C(O)C(O)C1O)C(O)CCCCCC. The largest absolute Gasteiger partial charge is 0.394 e. The highest BCUT2D eigenvalue weighted by Crippen LogP contribution is 2.23. The average molecular weight is 961 g/mol. The maximum atomic E-state index is 12.9. The molecular formula is C59H109NO8. The van der Waals surface area contributed by atoms with Gasteiger partial charge >= 0.3 is 0 Å². The second kappa shape index (κ2) is 48.8. The number of hydrogen-bond donors (Lipinski definition) is 6. The fourth-order valence-electron chi connectivity index (χ4n) is 9.15. The zero-order valence-electron chi connectivity index (χ0n) is 44.1. The Morgan fingerprint density at radius 1 is 0.515 bits per heavy atom. The zero-order valence-corrected chi connectivity index (χ0v) is 44.1. The van der Waals surface area contributed by atoms with Crippen LogP contribution in [0.5, 0.6) is 0 Å². The van der Waals surface area contributed by atoms with Crippen molar-refractivity contribution in [1.29, 1.82) is 0 Å². The molecule has 1 aliphatic rings. The second-order valence-corrected chi connectivity index (χ2v) is 20.1. The molecule has 1 heterocycles. The molecule has 0 aromatic heterocycles. The van der Waals surface area contributed by atoms with E-state index in [-0.39, 0.29) is 12.5 Å². The Morgan fingerprint density at radius 2 is 0.912 bits per heavy atom. The van der Waals surface area contributed by atoms with E-state index in [9.17, 15) is 30.3 Å². The number of nitrogens with one attached hydrogen (secondary N) is 1. The van der Waals surface area contributed by atoms with Gasteiger partial charge < -0.3 is 40.3 Å². The molecule has 1 amide bonds. The maximum absolute atomic E-state index is 12.9. The number of rotatable bonds is 49. The molecule has 7 unspecified atom stereocenters. The molecule has 1 fully saturated rings. The van der Waals surface area contributed by atoms with Crippen molar-refractivity contribution in [2.45, 2.75) is 307 Å². The molecule has 9 nitrogen and oxygen atoms in total. The van der Waals surface area contributed by atoms with Gasteiger partial charge in [0.15, 0.2) is 6.29 Å². The van der Waals surface area contributed by atoms with Crippen LogP contribution in [0.3, 0.4) is 0 Å². The van der Waals surface area contributed by atoms with Gasteiger partial charge in [0.05, 0.1) is 25.4 Å². The molecule has 1 aliphatic heterocycles. The van der Waals surface area contributed by atoms with Crippen LogP contribution in [0.2, 0.25) is 0 Å². The summed E-state index contributed by atoms with van der Waals surface area (Å²) in [6, 6.07) is -0.712. The topological polar surface area (TPSA) is 149 Å². The van der Waals surface area contributed by atoms with Crippen LogP contribution >= 0.6 is 0 Å². The Kier molecular flexibility index (Phi) is 46.0. The molecule has 68 heavy (non-hydrogen) atoms. The summed E-state index contributed by atoms with van der Waals surface area (Å²) in [5, 5.41) is 53.9. The maximum Gasteiger partial charge on any atom is 0.220 e. The molecule has 1 saturated heterocycles. The lowest BCUT2D eigenvalue weighted by atomic mass is 9.99. The van der Waals surface area contributed by atoms with Crippen LogP contribution < -0.4 is 5.32 Å². The fraction of sp³-hybridized carbons (Fsp3) is 0.847.